The van der Waals surface area contributed by atoms with Crippen LogP contribution >= 0.6 is 0 Å². The third kappa shape index (κ3) is 2.67. The van der Waals surface area contributed by atoms with Crippen molar-refractivity contribution in [3.05, 3.63) is 30.1 Å². The number of carbonyl (C=O) groups is 1. The lowest BCUT2D eigenvalue weighted by Gasteiger charge is -2.28. The van der Waals surface area contributed by atoms with Crippen molar-refractivity contribution in [3.8, 4) is 0 Å². The van der Waals surface area contributed by atoms with Crippen LogP contribution in [0.15, 0.2) is 29.2 Å². The molecule has 1 unspecified atom stereocenters. The molecule has 1 atom stereocenters. The maximum absolute atomic E-state index is 13.2. The van der Waals surface area contributed by atoms with Crippen molar-refractivity contribution in [1.82, 2.24) is 4.31 Å². The molecule has 1 aliphatic rings. The molecule has 21 heavy (non-hydrogen) atoms. The van der Waals surface area contributed by atoms with E-state index < -0.39 is 27.2 Å². The number of carboxylic acid groups (broad SMARTS) is 1. The van der Waals surface area contributed by atoms with Crippen molar-refractivity contribution >= 4 is 16.0 Å². The van der Waals surface area contributed by atoms with Gasteiger partial charge in [0.25, 0.3) is 0 Å². The molecule has 1 aliphatic heterocycles. The summed E-state index contributed by atoms with van der Waals surface area (Å²) >= 11 is 0. The number of rotatable bonds is 4. The van der Waals surface area contributed by atoms with E-state index in [4.69, 9.17) is 0 Å². The van der Waals surface area contributed by atoms with Crippen molar-refractivity contribution in [2.75, 3.05) is 13.1 Å². The van der Waals surface area contributed by atoms with E-state index in [1.807, 2.05) is 0 Å². The highest BCUT2D eigenvalue weighted by Gasteiger charge is 2.50. The highest BCUT2D eigenvalue weighted by Crippen LogP contribution is 2.40. The van der Waals surface area contributed by atoms with Gasteiger partial charge in [0.2, 0.25) is 10.0 Å². The molecule has 0 radical (unpaired) electrons. The van der Waals surface area contributed by atoms with Crippen LogP contribution in [0, 0.1) is 17.2 Å². The number of benzene rings is 1. The largest absolute Gasteiger partial charge is 0.481 e. The summed E-state index contributed by atoms with van der Waals surface area (Å²) in [6.07, 6.45) is 0.258. The van der Waals surface area contributed by atoms with Gasteiger partial charge in [-0.05, 0) is 30.5 Å². The van der Waals surface area contributed by atoms with E-state index in [0.29, 0.717) is 0 Å². The minimum atomic E-state index is -3.87. The van der Waals surface area contributed by atoms with Crippen LogP contribution in [0.2, 0.25) is 0 Å². The van der Waals surface area contributed by atoms with Gasteiger partial charge in [-0.25, -0.2) is 12.8 Å². The summed E-state index contributed by atoms with van der Waals surface area (Å²) in [4.78, 5) is 11.4. The van der Waals surface area contributed by atoms with Gasteiger partial charge in [0.1, 0.15) is 5.82 Å². The highest BCUT2D eigenvalue weighted by molar-refractivity contribution is 7.89. The third-order valence-corrected chi connectivity index (χ3v) is 6.07. The molecule has 1 aromatic carbocycles. The van der Waals surface area contributed by atoms with Crippen LogP contribution in [0.1, 0.15) is 20.3 Å². The minimum absolute atomic E-state index is 0.0845. The summed E-state index contributed by atoms with van der Waals surface area (Å²) in [5.41, 5.74) is -1.08. The number of carboxylic acids is 1. The standard InChI is InChI=1S/C14H18FNO4S/c1-10(2)14(13(17)18)6-7-16(9-14)21(19,20)12-5-3-4-11(15)8-12/h3-5,8,10H,6-7,9H2,1-2H3,(H,17,18). The van der Waals surface area contributed by atoms with Gasteiger partial charge in [-0.2, -0.15) is 4.31 Å². The van der Waals surface area contributed by atoms with Crippen LogP contribution in [0.25, 0.3) is 0 Å². The van der Waals surface area contributed by atoms with Crippen LogP contribution in [0.4, 0.5) is 4.39 Å². The third-order valence-electron chi connectivity index (χ3n) is 4.23. The summed E-state index contributed by atoms with van der Waals surface area (Å²) in [5, 5.41) is 9.45. The average Bonchev–Trinajstić information content (AvgIpc) is 2.85. The molecule has 1 fully saturated rings. The van der Waals surface area contributed by atoms with E-state index >= 15 is 0 Å². The Morgan fingerprint density at radius 3 is 2.57 bits per heavy atom. The van der Waals surface area contributed by atoms with Gasteiger partial charge in [-0.15, -0.1) is 0 Å². The van der Waals surface area contributed by atoms with Gasteiger partial charge in [-0.1, -0.05) is 19.9 Å². The van der Waals surface area contributed by atoms with Crippen LogP contribution in [-0.4, -0.2) is 36.9 Å². The smallest absolute Gasteiger partial charge is 0.311 e. The molecular weight excluding hydrogens is 297 g/mol. The molecule has 1 aromatic rings. The molecule has 1 heterocycles. The first-order valence-electron chi connectivity index (χ1n) is 6.69. The van der Waals surface area contributed by atoms with Gasteiger partial charge in [0.05, 0.1) is 10.3 Å². The fraction of sp³-hybridized carbons (Fsp3) is 0.500. The van der Waals surface area contributed by atoms with Gasteiger partial charge in [-0.3, -0.25) is 4.79 Å². The topological polar surface area (TPSA) is 74.7 Å². The molecule has 7 heteroatoms. The molecule has 0 bridgehead atoms. The maximum Gasteiger partial charge on any atom is 0.311 e. The van der Waals surface area contributed by atoms with Crippen LogP contribution in [0.3, 0.4) is 0 Å². The number of nitrogens with zero attached hydrogens (tertiary/aromatic N) is 1. The average molecular weight is 315 g/mol. The second kappa shape index (κ2) is 5.38. The molecule has 0 aliphatic carbocycles. The summed E-state index contributed by atoms with van der Waals surface area (Å²) in [7, 11) is -3.87. The molecule has 1 saturated heterocycles. The van der Waals surface area contributed by atoms with Crippen LogP contribution < -0.4 is 0 Å². The monoisotopic (exact) mass is 315 g/mol. The second-order valence-electron chi connectivity index (χ2n) is 5.66. The maximum atomic E-state index is 13.2. The number of sulfonamides is 1. The second-order valence-corrected chi connectivity index (χ2v) is 7.60. The highest BCUT2D eigenvalue weighted by atomic mass is 32.2. The van der Waals surface area contributed by atoms with Crippen LogP contribution in [0.5, 0.6) is 0 Å². The van der Waals surface area contributed by atoms with Crippen molar-refractivity contribution in [2.24, 2.45) is 11.3 Å². The van der Waals surface area contributed by atoms with E-state index in [0.717, 1.165) is 10.4 Å². The first-order valence-corrected chi connectivity index (χ1v) is 8.13. The molecule has 0 saturated carbocycles. The Balaban J connectivity index is 2.34. The van der Waals surface area contributed by atoms with E-state index in [1.54, 1.807) is 13.8 Å². The minimum Gasteiger partial charge on any atom is -0.481 e. The summed E-state index contributed by atoms with van der Waals surface area (Å²) in [5.74, 6) is -1.82. The lowest BCUT2D eigenvalue weighted by molar-refractivity contribution is -0.150. The van der Waals surface area contributed by atoms with E-state index in [2.05, 4.69) is 0 Å². The zero-order valence-electron chi connectivity index (χ0n) is 11.9. The van der Waals surface area contributed by atoms with Crippen LogP contribution in [-0.2, 0) is 14.8 Å². The molecule has 1 N–H and O–H groups in total. The zero-order chi connectivity index (χ0) is 15.8. The van der Waals surface area contributed by atoms with E-state index in [-0.39, 0.29) is 30.3 Å². The SMILES string of the molecule is CC(C)C1(C(=O)O)CCN(S(=O)(=O)c2cccc(F)c2)C1. The Bertz CT molecular complexity index is 659. The number of halogens is 1. The van der Waals surface area contributed by atoms with Crippen molar-refractivity contribution in [3.63, 3.8) is 0 Å². The molecule has 0 aromatic heterocycles. The quantitative estimate of drug-likeness (QED) is 0.921. The van der Waals surface area contributed by atoms with E-state index in [9.17, 15) is 22.7 Å². The zero-order valence-corrected chi connectivity index (χ0v) is 12.7. The Morgan fingerprint density at radius 2 is 2.10 bits per heavy atom. The van der Waals surface area contributed by atoms with E-state index in [1.165, 1.54) is 18.2 Å². The van der Waals surface area contributed by atoms with Crippen molar-refractivity contribution < 1.29 is 22.7 Å². The lowest BCUT2D eigenvalue weighted by Crippen LogP contribution is -2.40. The lowest BCUT2D eigenvalue weighted by atomic mass is 9.77. The summed E-state index contributed by atoms with van der Waals surface area (Å²) in [6.45, 7) is 3.58. The molecule has 5 nitrogen and oxygen atoms in total. The molecule has 0 amide bonds. The summed E-state index contributed by atoms with van der Waals surface area (Å²) in [6, 6.07) is 4.75. The van der Waals surface area contributed by atoms with Gasteiger partial charge in [0, 0.05) is 13.1 Å². The number of aliphatic carboxylic acids is 1. The van der Waals surface area contributed by atoms with Gasteiger partial charge in [0.15, 0.2) is 0 Å². The fourth-order valence-corrected chi connectivity index (χ4v) is 4.21. The fourth-order valence-electron chi connectivity index (χ4n) is 2.67. The Labute approximate surface area is 123 Å². The van der Waals surface area contributed by atoms with Crippen molar-refractivity contribution in [1.29, 1.82) is 0 Å². The number of hydrogen-bond donors (Lipinski definition) is 1. The van der Waals surface area contributed by atoms with Gasteiger partial charge < -0.3 is 5.11 Å². The Morgan fingerprint density at radius 1 is 1.43 bits per heavy atom. The molecule has 116 valence electrons. The normalized spacial score (nSPS) is 23.6. The van der Waals surface area contributed by atoms with Crippen molar-refractivity contribution in [2.45, 2.75) is 25.2 Å². The molecular formula is C14H18FNO4S. The first-order chi connectivity index (χ1) is 9.70. The first kappa shape index (κ1) is 15.9. The number of hydrogen-bond acceptors (Lipinski definition) is 3. The Hall–Kier alpha value is -1.47. The molecule has 0 spiro atoms. The molecule has 2 rings (SSSR count). The predicted octanol–water partition coefficient (Wildman–Crippen LogP) is 1.95. The van der Waals surface area contributed by atoms with Gasteiger partial charge >= 0.3 is 5.97 Å². The summed E-state index contributed by atoms with van der Waals surface area (Å²) < 4.78 is 39.3. The Kier molecular flexibility index (Phi) is 4.08. The predicted molar refractivity (Wildman–Crippen MR) is 74.7 cm³/mol.